The second-order valence-corrected chi connectivity index (χ2v) is 12.7. The van der Waals surface area contributed by atoms with Crippen molar-refractivity contribution >= 4 is 33.2 Å². The number of piperazine rings is 1. The highest BCUT2D eigenvalue weighted by Crippen LogP contribution is 2.43. The Kier molecular flexibility index (Phi) is 6.70. The van der Waals surface area contributed by atoms with Gasteiger partial charge in [-0.05, 0) is 66.6 Å². The predicted molar refractivity (Wildman–Crippen MR) is 170 cm³/mol. The predicted octanol–water partition coefficient (Wildman–Crippen LogP) is 5.62. The molecule has 234 valence electrons. The monoisotopic (exact) mass is 626 g/mol. The summed E-state index contributed by atoms with van der Waals surface area (Å²) >= 11 is 0. The maximum Gasteiger partial charge on any atom is 0.319 e. The van der Waals surface area contributed by atoms with Crippen LogP contribution in [0.15, 0.2) is 54.4 Å². The van der Waals surface area contributed by atoms with Gasteiger partial charge < -0.3 is 20.7 Å². The molecule has 1 aromatic heterocycles. The minimum atomic E-state index is -0.969. The maximum atomic E-state index is 16.9. The molecule has 11 heteroatoms. The molecule has 8 rings (SSSR count). The summed E-state index contributed by atoms with van der Waals surface area (Å²) in [6.45, 7) is 2.59. The third-order valence-electron chi connectivity index (χ3n) is 9.80. The van der Waals surface area contributed by atoms with Crippen LogP contribution in [0.2, 0.25) is 0 Å². The van der Waals surface area contributed by atoms with E-state index in [0.29, 0.717) is 49.2 Å². The van der Waals surface area contributed by atoms with E-state index >= 15 is 8.78 Å². The van der Waals surface area contributed by atoms with Crippen LogP contribution in [0.3, 0.4) is 0 Å². The zero-order valence-corrected chi connectivity index (χ0v) is 24.8. The van der Waals surface area contributed by atoms with Crippen LogP contribution in [0.4, 0.5) is 29.1 Å². The third-order valence-corrected chi connectivity index (χ3v) is 9.80. The zero-order valence-electron chi connectivity index (χ0n) is 24.8. The van der Waals surface area contributed by atoms with Crippen molar-refractivity contribution < 1.29 is 22.3 Å². The first kappa shape index (κ1) is 28.8. The van der Waals surface area contributed by atoms with Gasteiger partial charge in [0.05, 0.1) is 23.0 Å². The van der Waals surface area contributed by atoms with Gasteiger partial charge in [0.2, 0.25) is 0 Å². The number of nitrogens with two attached hydrogens (primary N) is 1. The Morgan fingerprint density at radius 2 is 1.91 bits per heavy atom. The van der Waals surface area contributed by atoms with Crippen molar-refractivity contribution in [2.75, 3.05) is 43.4 Å². The van der Waals surface area contributed by atoms with Crippen LogP contribution in [0.5, 0.6) is 6.01 Å². The van der Waals surface area contributed by atoms with Crippen molar-refractivity contribution in [1.82, 2.24) is 20.2 Å². The number of ether oxygens (including phenoxy) is 1. The van der Waals surface area contributed by atoms with Gasteiger partial charge in [0.15, 0.2) is 5.82 Å². The van der Waals surface area contributed by atoms with E-state index in [4.69, 9.17) is 21.9 Å². The number of anilines is 2. The van der Waals surface area contributed by atoms with Crippen molar-refractivity contribution in [3.63, 3.8) is 0 Å². The van der Waals surface area contributed by atoms with Gasteiger partial charge in [-0.1, -0.05) is 24.1 Å². The van der Waals surface area contributed by atoms with Gasteiger partial charge in [0.25, 0.3) is 0 Å². The molecule has 3 fully saturated rings. The van der Waals surface area contributed by atoms with Crippen molar-refractivity contribution in [1.29, 1.82) is 0 Å². The number of hydrogen-bond acceptors (Lipinski definition) is 7. The molecule has 7 nitrogen and oxygen atoms in total. The van der Waals surface area contributed by atoms with E-state index in [9.17, 15) is 8.78 Å². The van der Waals surface area contributed by atoms with Gasteiger partial charge >= 0.3 is 6.01 Å². The SMILES string of the molecule is C#Cc1c(F)ccc2cc(N)cc(-c3c(F)cc4c(N5CC6C=CC(C5)N6)nc(OC[C@]56CCCN5C/C(=C\F)C6)nc4c3F)c12. The van der Waals surface area contributed by atoms with Crippen LogP contribution in [0.1, 0.15) is 24.8 Å². The van der Waals surface area contributed by atoms with Crippen LogP contribution in [-0.2, 0) is 0 Å². The van der Waals surface area contributed by atoms with Gasteiger partial charge in [-0.25, -0.2) is 17.6 Å². The summed E-state index contributed by atoms with van der Waals surface area (Å²) < 4.78 is 67.7. The number of nitrogens with one attached hydrogen (secondary N) is 1. The number of rotatable bonds is 5. The Morgan fingerprint density at radius 1 is 1.11 bits per heavy atom. The lowest BCUT2D eigenvalue weighted by Gasteiger charge is -2.35. The van der Waals surface area contributed by atoms with Gasteiger partial charge in [-0.15, -0.1) is 6.42 Å². The molecule has 4 aromatic rings. The van der Waals surface area contributed by atoms with E-state index in [2.05, 4.69) is 33.3 Å². The van der Waals surface area contributed by atoms with E-state index in [1.807, 2.05) is 4.90 Å². The standard InChI is InChI=1S/C35H30F4N6O/c1-2-24-27(37)7-4-20-10-21(40)11-25(29(20)24)30-28(38)12-26-32(31(30)39)42-34(43-33(26)44-16-22-5-6-23(17-44)41-22)46-18-35-8-3-9-45(35)15-19(13-35)14-36/h1,4-7,10-12,14,22-23,41H,3,8-9,13,15-18,40H2/b19-14-/t22?,23?,35-/m1/s1. The molecule has 3 atom stereocenters. The van der Waals surface area contributed by atoms with E-state index < -0.39 is 28.6 Å². The number of halogens is 4. The molecule has 4 aliphatic rings. The fraction of sp³-hybridized carbons (Fsp3) is 0.314. The Balaban J connectivity index is 1.30. The van der Waals surface area contributed by atoms with E-state index in [1.54, 1.807) is 6.07 Å². The Morgan fingerprint density at radius 3 is 2.67 bits per heavy atom. The molecule has 46 heavy (non-hydrogen) atoms. The molecule has 4 aliphatic heterocycles. The summed E-state index contributed by atoms with van der Waals surface area (Å²) in [5.74, 6) is 0.119. The molecule has 0 aliphatic carbocycles. The Labute approximate surface area is 262 Å². The molecule has 0 saturated carbocycles. The van der Waals surface area contributed by atoms with Crippen LogP contribution >= 0.6 is 0 Å². The molecule has 0 spiro atoms. The average molecular weight is 627 g/mol. The zero-order chi connectivity index (χ0) is 31.7. The molecule has 2 unspecified atom stereocenters. The van der Waals surface area contributed by atoms with E-state index in [-0.39, 0.29) is 57.8 Å². The molecule has 3 aromatic carbocycles. The lowest BCUT2D eigenvalue weighted by molar-refractivity contribution is 0.108. The lowest BCUT2D eigenvalue weighted by atomic mass is 9.92. The second-order valence-electron chi connectivity index (χ2n) is 12.7. The summed E-state index contributed by atoms with van der Waals surface area (Å²) in [4.78, 5) is 13.4. The Hall–Kier alpha value is -4.66. The highest BCUT2D eigenvalue weighted by Gasteiger charge is 2.47. The maximum absolute atomic E-state index is 16.9. The third kappa shape index (κ3) is 4.50. The van der Waals surface area contributed by atoms with Gasteiger partial charge in [-0.2, -0.15) is 9.97 Å². The second kappa shape index (κ2) is 10.7. The fourth-order valence-corrected chi connectivity index (χ4v) is 7.77. The van der Waals surface area contributed by atoms with Crippen molar-refractivity contribution in [3.8, 4) is 29.5 Å². The average Bonchev–Trinajstić information content (AvgIpc) is 3.71. The topological polar surface area (TPSA) is 79.5 Å². The van der Waals surface area contributed by atoms with Gasteiger partial charge in [0.1, 0.15) is 29.6 Å². The van der Waals surface area contributed by atoms with Crippen LogP contribution in [0, 0.1) is 29.8 Å². The van der Waals surface area contributed by atoms with Gasteiger partial charge in [-0.3, -0.25) is 4.90 Å². The molecule has 5 heterocycles. The van der Waals surface area contributed by atoms with Crippen molar-refractivity contribution in [3.05, 3.63) is 77.4 Å². The minimum absolute atomic E-state index is 0.0170. The minimum Gasteiger partial charge on any atom is -0.461 e. The van der Waals surface area contributed by atoms with Crippen LogP contribution in [0.25, 0.3) is 32.8 Å². The first-order chi connectivity index (χ1) is 22.3. The van der Waals surface area contributed by atoms with E-state index in [1.165, 1.54) is 24.3 Å². The summed E-state index contributed by atoms with van der Waals surface area (Å²) in [7, 11) is 0. The quantitative estimate of drug-likeness (QED) is 0.129. The van der Waals surface area contributed by atoms with Gasteiger partial charge in [0, 0.05) is 48.2 Å². The summed E-state index contributed by atoms with van der Waals surface area (Å²) in [6.07, 6.45) is 12.8. The highest BCUT2D eigenvalue weighted by molar-refractivity contribution is 6.05. The summed E-state index contributed by atoms with van der Waals surface area (Å²) in [6, 6.07) is 6.88. The molecule has 0 radical (unpaired) electrons. The first-order valence-electron chi connectivity index (χ1n) is 15.3. The van der Waals surface area contributed by atoms with Crippen LogP contribution in [-0.4, -0.2) is 65.3 Å². The number of hydrogen-bond donors (Lipinski definition) is 2. The molecular weight excluding hydrogens is 596 g/mol. The van der Waals surface area contributed by atoms with E-state index in [0.717, 1.165) is 19.4 Å². The molecular formula is C35H30F4N6O. The number of nitrogens with zero attached hydrogens (tertiary/aromatic N) is 4. The lowest BCUT2D eigenvalue weighted by Crippen LogP contribution is -2.52. The normalized spacial score (nSPS) is 24.8. The number of nitrogen functional groups attached to an aromatic ring is 1. The summed E-state index contributed by atoms with van der Waals surface area (Å²) in [5, 5.41) is 4.25. The smallest absolute Gasteiger partial charge is 0.319 e. The molecule has 2 bridgehead atoms. The highest BCUT2D eigenvalue weighted by atomic mass is 19.1. The van der Waals surface area contributed by atoms with Crippen molar-refractivity contribution in [2.24, 2.45) is 0 Å². The molecule has 0 amide bonds. The van der Waals surface area contributed by atoms with Crippen molar-refractivity contribution in [2.45, 2.75) is 36.9 Å². The summed E-state index contributed by atoms with van der Waals surface area (Å²) in [5.41, 5.74) is 5.99. The number of terminal acetylenes is 1. The van der Waals surface area contributed by atoms with Crippen LogP contribution < -0.4 is 20.7 Å². The number of benzene rings is 3. The number of aromatic nitrogens is 2. The fourth-order valence-electron chi connectivity index (χ4n) is 7.77. The first-order valence-corrected chi connectivity index (χ1v) is 15.3. The Bertz CT molecular complexity index is 2030. The molecule has 3 N–H and O–H groups in total. The molecule has 3 saturated heterocycles. The number of fused-ring (bicyclic) bond motifs is 5. The largest absolute Gasteiger partial charge is 0.461 e.